The Kier molecular flexibility index (Phi) is 4.68. The van der Waals surface area contributed by atoms with E-state index in [1.165, 1.54) is 0 Å². The first-order valence-electron chi connectivity index (χ1n) is 6.21. The third kappa shape index (κ3) is 4.03. The average molecular weight is 292 g/mol. The second-order valence-corrected chi connectivity index (χ2v) is 5.44. The van der Waals surface area contributed by atoms with Gasteiger partial charge in [-0.15, -0.1) is 0 Å². The lowest BCUT2D eigenvalue weighted by Crippen LogP contribution is -2.05. The van der Waals surface area contributed by atoms with Gasteiger partial charge < -0.3 is 14.8 Å². The van der Waals surface area contributed by atoms with Gasteiger partial charge in [0.15, 0.2) is 5.16 Å². The lowest BCUT2D eigenvalue weighted by molar-refractivity contribution is -0.133. The summed E-state index contributed by atoms with van der Waals surface area (Å²) in [5, 5.41) is 9.23. The molecule has 0 saturated carbocycles. The van der Waals surface area contributed by atoms with E-state index < -0.39 is 5.97 Å². The average Bonchev–Trinajstić information content (AvgIpc) is 2.85. The molecule has 5 nitrogen and oxygen atoms in total. The number of aromatic nitrogens is 2. The molecule has 2 rings (SSSR count). The van der Waals surface area contributed by atoms with Crippen molar-refractivity contribution in [2.45, 2.75) is 25.1 Å². The van der Waals surface area contributed by atoms with Crippen molar-refractivity contribution in [3.8, 4) is 17.0 Å². The quantitative estimate of drug-likeness (QED) is 0.800. The fourth-order valence-corrected chi connectivity index (χ4v) is 2.21. The molecule has 20 heavy (non-hydrogen) atoms. The number of ether oxygens (including phenoxy) is 1. The van der Waals surface area contributed by atoms with E-state index in [0.717, 1.165) is 28.8 Å². The number of carboxylic acids is 1. The summed E-state index contributed by atoms with van der Waals surface area (Å²) in [6, 6.07) is 7.69. The van der Waals surface area contributed by atoms with Crippen LogP contribution in [-0.2, 0) is 4.79 Å². The van der Waals surface area contributed by atoms with Crippen molar-refractivity contribution in [2.24, 2.45) is 0 Å². The van der Waals surface area contributed by atoms with Crippen molar-refractivity contribution in [3.63, 3.8) is 0 Å². The van der Waals surface area contributed by atoms with Crippen LogP contribution in [0, 0.1) is 0 Å². The van der Waals surface area contributed by atoms with Crippen LogP contribution in [0.15, 0.2) is 35.6 Å². The molecule has 6 heteroatoms. The third-order valence-electron chi connectivity index (χ3n) is 2.42. The number of hydrogen-bond donors (Lipinski definition) is 2. The monoisotopic (exact) mass is 292 g/mol. The minimum Gasteiger partial charge on any atom is -0.491 e. The summed E-state index contributed by atoms with van der Waals surface area (Å²) in [6.45, 7) is 3.96. The zero-order valence-electron chi connectivity index (χ0n) is 11.3. The van der Waals surface area contributed by atoms with Crippen LogP contribution < -0.4 is 4.74 Å². The van der Waals surface area contributed by atoms with Crippen LogP contribution in [0.5, 0.6) is 5.75 Å². The van der Waals surface area contributed by atoms with Gasteiger partial charge in [0.1, 0.15) is 5.75 Å². The molecule has 2 N–H and O–H groups in total. The minimum absolute atomic E-state index is 0.00583. The van der Waals surface area contributed by atoms with Gasteiger partial charge in [-0.2, -0.15) is 0 Å². The summed E-state index contributed by atoms with van der Waals surface area (Å²) in [6.07, 6.45) is 1.84. The van der Waals surface area contributed by atoms with Gasteiger partial charge in [0.2, 0.25) is 0 Å². The molecule has 2 aromatic rings. The number of benzene rings is 1. The summed E-state index contributed by atoms with van der Waals surface area (Å²) in [7, 11) is 0. The SMILES string of the molecule is CC(C)Oc1ccc(-c2cnc(SCC(=O)O)[nH]2)cc1. The Hall–Kier alpha value is -1.95. The van der Waals surface area contributed by atoms with Gasteiger partial charge in [-0.25, -0.2) is 4.98 Å². The van der Waals surface area contributed by atoms with E-state index in [-0.39, 0.29) is 11.9 Å². The smallest absolute Gasteiger partial charge is 0.313 e. The summed E-state index contributed by atoms with van der Waals surface area (Å²) < 4.78 is 5.58. The van der Waals surface area contributed by atoms with E-state index >= 15 is 0 Å². The molecule has 0 aliphatic carbocycles. The van der Waals surface area contributed by atoms with Crippen LogP contribution in [0.4, 0.5) is 0 Å². The van der Waals surface area contributed by atoms with Gasteiger partial charge in [0.25, 0.3) is 0 Å². The van der Waals surface area contributed by atoms with Crippen LogP contribution in [0.3, 0.4) is 0 Å². The maximum atomic E-state index is 10.5. The van der Waals surface area contributed by atoms with Crippen LogP contribution in [-0.4, -0.2) is 32.9 Å². The number of carboxylic acid groups (broad SMARTS) is 1. The molecule has 0 spiro atoms. The standard InChI is InChI=1S/C14H16N2O3S/c1-9(2)19-11-5-3-10(4-6-11)12-7-15-14(16-12)20-8-13(17)18/h3-7,9H,8H2,1-2H3,(H,15,16)(H,17,18). The zero-order valence-corrected chi connectivity index (χ0v) is 12.1. The Bertz CT molecular complexity index is 578. The first-order valence-corrected chi connectivity index (χ1v) is 7.20. The van der Waals surface area contributed by atoms with E-state index in [0.29, 0.717) is 5.16 Å². The van der Waals surface area contributed by atoms with Crippen molar-refractivity contribution < 1.29 is 14.6 Å². The highest BCUT2D eigenvalue weighted by Gasteiger charge is 2.06. The number of nitrogens with zero attached hydrogens (tertiary/aromatic N) is 1. The minimum atomic E-state index is -0.858. The Labute approximate surface area is 121 Å². The van der Waals surface area contributed by atoms with E-state index in [4.69, 9.17) is 9.84 Å². The van der Waals surface area contributed by atoms with E-state index in [1.807, 2.05) is 38.1 Å². The highest BCUT2D eigenvalue weighted by atomic mass is 32.2. The Morgan fingerprint density at radius 3 is 2.70 bits per heavy atom. The van der Waals surface area contributed by atoms with Crippen LogP contribution in [0.25, 0.3) is 11.3 Å². The molecule has 0 saturated heterocycles. The first-order chi connectivity index (χ1) is 9.54. The molecular formula is C14H16N2O3S. The molecule has 1 aromatic carbocycles. The Morgan fingerprint density at radius 2 is 2.10 bits per heavy atom. The number of thioether (sulfide) groups is 1. The molecule has 1 heterocycles. The van der Waals surface area contributed by atoms with Gasteiger partial charge >= 0.3 is 5.97 Å². The number of aliphatic carboxylic acids is 1. The van der Waals surface area contributed by atoms with Crippen molar-refractivity contribution in [2.75, 3.05) is 5.75 Å². The summed E-state index contributed by atoms with van der Waals surface area (Å²) in [5.41, 5.74) is 1.84. The molecule has 0 aliphatic heterocycles. The van der Waals surface area contributed by atoms with Gasteiger partial charge in [0, 0.05) is 0 Å². The fraction of sp³-hybridized carbons (Fsp3) is 0.286. The predicted molar refractivity (Wildman–Crippen MR) is 78.1 cm³/mol. The topological polar surface area (TPSA) is 75.2 Å². The largest absolute Gasteiger partial charge is 0.491 e. The van der Waals surface area contributed by atoms with E-state index in [9.17, 15) is 4.79 Å². The van der Waals surface area contributed by atoms with Crippen LogP contribution >= 0.6 is 11.8 Å². The lowest BCUT2D eigenvalue weighted by Gasteiger charge is -2.09. The molecule has 0 amide bonds. The van der Waals surface area contributed by atoms with Gasteiger partial charge in [0.05, 0.1) is 23.7 Å². The highest BCUT2D eigenvalue weighted by Crippen LogP contribution is 2.24. The maximum Gasteiger partial charge on any atom is 0.313 e. The maximum absolute atomic E-state index is 10.5. The highest BCUT2D eigenvalue weighted by molar-refractivity contribution is 7.99. The number of H-pyrrole nitrogens is 1. The summed E-state index contributed by atoms with van der Waals surface area (Å²) >= 11 is 1.16. The number of carbonyl (C=O) groups is 1. The molecule has 0 fully saturated rings. The molecule has 0 atom stereocenters. The normalized spacial score (nSPS) is 10.8. The molecule has 0 radical (unpaired) electrons. The van der Waals surface area contributed by atoms with Crippen LogP contribution in [0.1, 0.15) is 13.8 Å². The molecule has 106 valence electrons. The van der Waals surface area contributed by atoms with Crippen molar-refractivity contribution >= 4 is 17.7 Å². The fourth-order valence-electron chi connectivity index (χ4n) is 1.64. The van der Waals surface area contributed by atoms with E-state index in [1.54, 1.807) is 6.20 Å². The molecule has 0 aliphatic rings. The molecule has 0 unspecified atom stereocenters. The van der Waals surface area contributed by atoms with Crippen molar-refractivity contribution in [1.82, 2.24) is 9.97 Å². The lowest BCUT2D eigenvalue weighted by atomic mass is 10.2. The van der Waals surface area contributed by atoms with E-state index in [2.05, 4.69) is 9.97 Å². The zero-order chi connectivity index (χ0) is 14.5. The van der Waals surface area contributed by atoms with Gasteiger partial charge in [-0.3, -0.25) is 4.79 Å². The molecule has 0 bridgehead atoms. The number of hydrogen-bond acceptors (Lipinski definition) is 4. The number of imidazole rings is 1. The Balaban J connectivity index is 2.06. The molecule has 1 aromatic heterocycles. The number of nitrogens with one attached hydrogen (secondary N) is 1. The van der Waals surface area contributed by atoms with Crippen LogP contribution in [0.2, 0.25) is 0 Å². The predicted octanol–water partition coefficient (Wildman–Crippen LogP) is 3.04. The number of rotatable bonds is 6. The summed E-state index contributed by atoms with van der Waals surface area (Å²) in [4.78, 5) is 17.7. The van der Waals surface area contributed by atoms with Crippen molar-refractivity contribution in [1.29, 1.82) is 0 Å². The summed E-state index contributed by atoms with van der Waals surface area (Å²) in [5.74, 6) is -0.0411. The first kappa shape index (κ1) is 14.5. The number of aromatic amines is 1. The third-order valence-corrected chi connectivity index (χ3v) is 3.29. The van der Waals surface area contributed by atoms with Crippen molar-refractivity contribution in [3.05, 3.63) is 30.5 Å². The van der Waals surface area contributed by atoms with Gasteiger partial charge in [-0.05, 0) is 43.7 Å². The van der Waals surface area contributed by atoms with Gasteiger partial charge in [-0.1, -0.05) is 11.8 Å². The second-order valence-electron chi connectivity index (χ2n) is 4.48. The Morgan fingerprint density at radius 1 is 1.40 bits per heavy atom. The molecular weight excluding hydrogens is 276 g/mol. The second kappa shape index (κ2) is 6.47.